The van der Waals surface area contributed by atoms with Gasteiger partial charge in [0.2, 0.25) is 5.91 Å². The third-order valence-electron chi connectivity index (χ3n) is 5.71. The van der Waals surface area contributed by atoms with Crippen LogP contribution in [-0.2, 0) is 11.2 Å². The fourth-order valence-electron chi connectivity index (χ4n) is 3.72. The molecule has 4 rings (SSSR count). The van der Waals surface area contributed by atoms with Gasteiger partial charge < -0.3 is 10.6 Å². The summed E-state index contributed by atoms with van der Waals surface area (Å²) in [6.07, 6.45) is 2.55. The Kier molecular flexibility index (Phi) is 6.99. The molecule has 2 aromatic heterocycles. The number of hydrogen-bond donors (Lipinski definition) is 3. The fourth-order valence-corrected chi connectivity index (χ4v) is 4.51. The number of likely N-dealkylation sites (tertiary alicyclic amines) is 1. The molecule has 33 heavy (non-hydrogen) atoms. The van der Waals surface area contributed by atoms with Gasteiger partial charge in [0.25, 0.3) is 0 Å². The summed E-state index contributed by atoms with van der Waals surface area (Å²) in [6, 6.07) is 11.7. The molecule has 1 amide bonds. The Morgan fingerprint density at radius 3 is 2.52 bits per heavy atom. The molecule has 1 aliphatic heterocycles. The van der Waals surface area contributed by atoms with Crippen LogP contribution < -0.4 is 10.6 Å². The predicted molar refractivity (Wildman–Crippen MR) is 132 cm³/mol. The number of hydrogen-bond acceptors (Lipinski definition) is 7. The quantitative estimate of drug-likeness (QED) is 0.391. The first-order valence-corrected chi connectivity index (χ1v) is 12.1. The van der Waals surface area contributed by atoms with Gasteiger partial charge in [-0.1, -0.05) is 6.92 Å². The van der Waals surface area contributed by atoms with Crippen LogP contribution in [0.5, 0.6) is 0 Å². The van der Waals surface area contributed by atoms with Crippen molar-refractivity contribution in [2.24, 2.45) is 0 Å². The molecule has 0 saturated carbocycles. The molecule has 174 valence electrons. The lowest BCUT2D eigenvalue weighted by molar-refractivity contribution is -0.115. The van der Waals surface area contributed by atoms with Gasteiger partial charge in [-0.15, -0.1) is 0 Å². The maximum Gasteiger partial charge on any atom is 0.224 e. The van der Waals surface area contributed by atoms with Crippen LogP contribution in [0, 0.1) is 6.92 Å². The van der Waals surface area contributed by atoms with Crippen LogP contribution in [0.4, 0.5) is 17.3 Å². The van der Waals surface area contributed by atoms with E-state index in [9.17, 15) is 4.79 Å². The van der Waals surface area contributed by atoms with Gasteiger partial charge in [0.1, 0.15) is 5.82 Å². The first kappa shape index (κ1) is 23.3. The van der Waals surface area contributed by atoms with E-state index < -0.39 is 0 Å². The molecular formula is C24H31N7OS. The lowest BCUT2D eigenvalue weighted by atomic mass is 9.92. The molecule has 8 nitrogen and oxygen atoms in total. The van der Waals surface area contributed by atoms with E-state index in [0.29, 0.717) is 11.6 Å². The van der Waals surface area contributed by atoms with Gasteiger partial charge in [-0.25, -0.2) is 9.97 Å². The zero-order valence-corrected chi connectivity index (χ0v) is 20.4. The fraction of sp³-hybridized carbons (Fsp3) is 0.417. The first-order valence-electron chi connectivity index (χ1n) is 11.3. The molecule has 0 unspecified atom stereocenters. The number of nitrogens with zero attached hydrogens (tertiary/aromatic N) is 4. The predicted octanol–water partition coefficient (Wildman–Crippen LogP) is 4.78. The number of aromatic nitrogens is 4. The van der Waals surface area contributed by atoms with E-state index in [0.717, 1.165) is 53.1 Å². The summed E-state index contributed by atoms with van der Waals surface area (Å²) in [5.74, 6) is 1.45. The third-order valence-corrected chi connectivity index (χ3v) is 6.59. The van der Waals surface area contributed by atoms with E-state index in [1.165, 1.54) is 18.2 Å². The van der Waals surface area contributed by atoms with Gasteiger partial charge in [0, 0.05) is 52.5 Å². The number of aryl methyl sites for hydroxylation is 1. The number of carbonyl (C=O) groups excluding carboxylic acids is 1. The number of anilines is 3. The second-order valence-corrected chi connectivity index (χ2v) is 9.99. The van der Waals surface area contributed by atoms with Crippen LogP contribution >= 0.6 is 11.8 Å². The van der Waals surface area contributed by atoms with Crippen molar-refractivity contribution in [1.82, 2.24) is 25.1 Å². The van der Waals surface area contributed by atoms with Crippen molar-refractivity contribution in [3.63, 3.8) is 0 Å². The van der Waals surface area contributed by atoms with Crippen LogP contribution in [0.2, 0.25) is 0 Å². The molecule has 0 aliphatic carbocycles. The van der Waals surface area contributed by atoms with Crippen molar-refractivity contribution in [2.75, 3.05) is 23.7 Å². The maximum atomic E-state index is 11.6. The minimum Gasteiger partial charge on any atom is -0.326 e. The second kappa shape index (κ2) is 9.93. The summed E-state index contributed by atoms with van der Waals surface area (Å²) >= 11 is 1.50. The largest absolute Gasteiger partial charge is 0.326 e. The molecule has 1 fully saturated rings. The number of H-pyrrole nitrogens is 1. The molecule has 1 saturated heterocycles. The second-order valence-electron chi connectivity index (χ2n) is 8.95. The molecular weight excluding hydrogens is 434 g/mol. The highest BCUT2D eigenvalue weighted by Gasteiger charge is 2.31. The van der Waals surface area contributed by atoms with E-state index in [-0.39, 0.29) is 11.4 Å². The molecule has 1 aliphatic rings. The topological polar surface area (TPSA) is 98.8 Å². The van der Waals surface area contributed by atoms with Crippen molar-refractivity contribution in [3.05, 3.63) is 47.8 Å². The summed E-state index contributed by atoms with van der Waals surface area (Å²) in [6.45, 7) is 10.6. The van der Waals surface area contributed by atoms with Crippen molar-refractivity contribution in [1.29, 1.82) is 0 Å². The molecule has 3 N–H and O–H groups in total. The molecule has 0 atom stereocenters. The summed E-state index contributed by atoms with van der Waals surface area (Å²) in [5, 5.41) is 14.1. The van der Waals surface area contributed by atoms with Crippen LogP contribution in [0.15, 0.2) is 46.5 Å². The van der Waals surface area contributed by atoms with Crippen molar-refractivity contribution in [2.45, 2.75) is 62.5 Å². The lowest BCUT2D eigenvalue weighted by Gasteiger charge is -2.44. The Balaban J connectivity index is 1.56. The van der Waals surface area contributed by atoms with E-state index in [4.69, 9.17) is 9.97 Å². The van der Waals surface area contributed by atoms with Crippen molar-refractivity contribution in [3.8, 4) is 0 Å². The Labute approximate surface area is 199 Å². The van der Waals surface area contributed by atoms with Gasteiger partial charge in [0.15, 0.2) is 11.0 Å². The van der Waals surface area contributed by atoms with Gasteiger partial charge in [-0.3, -0.25) is 14.8 Å². The number of rotatable bonds is 9. The first-order chi connectivity index (χ1) is 15.8. The maximum absolute atomic E-state index is 11.6. The van der Waals surface area contributed by atoms with Crippen LogP contribution in [0.3, 0.4) is 0 Å². The van der Waals surface area contributed by atoms with Crippen LogP contribution in [-0.4, -0.2) is 49.6 Å². The number of carbonyl (C=O) groups is 1. The highest BCUT2D eigenvalue weighted by molar-refractivity contribution is 7.99. The summed E-state index contributed by atoms with van der Waals surface area (Å²) in [5.41, 5.74) is 2.79. The minimum absolute atomic E-state index is 0.000531. The number of benzene rings is 1. The Bertz CT molecular complexity index is 1110. The van der Waals surface area contributed by atoms with E-state index in [1.807, 2.05) is 50.2 Å². The van der Waals surface area contributed by atoms with Crippen LogP contribution in [0.1, 0.15) is 45.0 Å². The average Bonchev–Trinajstić information content (AvgIpc) is 3.11. The third kappa shape index (κ3) is 6.11. The van der Waals surface area contributed by atoms with E-state index in [1.54, 1.807) is 0 Å². The average molecular weight is 466 g/mol. The van der Waals surface area contributed by atoms with Gasteiger partial charge in [-0.2, -0.15) is 5.10 Å². The molecule has 3 heterocycles. The smallest absolute Gasteiger partial charge is 0.224 e. The Hall–Kier alpha value is -2.91. The summed E-state index contributed by atoms with van der Waals surface area (Å²) in [4.78, 5) is 24.7. The highest BCUT2D eigenvalue weighted by Crippen LogP contribution is 2.30. The highest BCUT2D eigenvalue weighted by atomic mass is 32.2. The number of nitrogens with one attached hydrogen (secondary N) is 3. The van der Waals surface area contributed by atoms with Crippen LogP contribution in [0.25, 0.3) is 0 Å². The standard InChI is InChI=1S/C24H31N7OS/c1-5-22(32)25-17-7-9-19(10-8-17)33-23-26-18(15-24(3,4)31-11-6-12-31)14-20(28-23)27-21-13-16(2)29-30-21/h7-10,13-14H,5-6,11-12,15H2,1-4H3,(H,25,32)(H2,26,27,28,29,30). The summed E-state index contributed by atoms with van der Waals surface area (Å²) < 4.78 is 0. The van der Waals surface area contributed by atoms with Gasteiger partial charge in [0.05, 0.1) is 0 Å². The Morgan fingerprint density at radius 2 is 1.91 bits per heavy atom. The molecule has 0 radical (unpaired) electrons. The number of aromatic amines is 1. The van der Waals surface area contributed by atoms with Gasteiger partial charge >= 0.3 is 0 Å². The van der Waals surface area contributed by atoms with Gasteiger partial charge in [-0.05, 0) is 76.3 Å². The molecule has 3 aromatic rings. The minimum atomic E-state index is 0.000531. The molecule has 0 bridgehead atoms. The molecule has 1 aromatic carbocycles. The van der Waals surface area contributed by atoms with E-state index >= 15 is 0 Å². The SMILES string of the molecule is CCC(=O)Nc1ccc(Sc2nc(CC(C)(C)N3CCC3)cc(Nc3cc(C)[nH]n3)n2)cc1. The number of amides is 1. The lowest BCUT2D eigenvalue weighted by Crippen LogP contribution is -2.53. The van der Waals surface area contributed by atoms with Crippen molar-refractivity contribution < 1.29 is 4.79 Å². The summed E-state index contributed by atoms with van der Waals surface area (Å²) in [7, 11) is 0. The van der Waals surface area contributed by atoms with Crippen molar-refractivity contribution >= 4 is 35.0 Å². The normalized spacial score (nSPS) is 14.1. The molecule has 9 heteroatoms. The zero-order chi connectivity index (χ0) is 23.4. The van der Waals surface area contributed by atoms with E-state index in [2.05, 4.69) is 39.6 Å². The Morgan fingerprint density at radius 1 is 1.15 bits per heavy atom. The molecule has 0 spiro atoms. The monoisotopic (exact) mass is 465 g/mol. The zero-order valence-electron chi connectivity index (χ0n) is 19.6.